The maximum atomic E-state index is 12.5. The van der Waals surface area contributed by atoms with Crippen LogP contribution in [0.25, 0.3) is 0 Å². The van der Waals surface area contributed by atoms with Crippen LogP contribution in [0.1, 0.15) is 284 Å². The molecule has 0 aliphatic heterocycles. The molecule has 5 heteroatoms. The van der Waals surface area contributed by atoms with Crippen molar-refractivity contribution >= 4 is 5.91 Å². The summed E-state index contributed by atoms with van der Waals surface area (Å²) in [7, 11) is 0. The molecule has 0 spiro atoms. The highest BCUT2D eigenvalue weighted by molar-refractivity contribution is 5.76. The number of hydrogen-bond donors (Lipinski definition) is 4. The second kappa shape index (κ2) is 50.2. The number of carbonyl (C=O) groups excluding carboxylic acids is 1. The molecule has 0 heterocycles. The van der Waals surface area contributed by atoms with Crippen molar-refractivity contribution in [3.63, 3.8) is 0 Å². The van der Waals surface area contributed by atoms with Gasteiger partial charge in [0.1, 0.15) is 0 Å². The van der Waals surface area contributed by atoms with E-state index in [0.717, 1.165) is 32.1 Å². The van der Waals surface area contributed by atoms with E-state index in [4.69, 9.17) is 0 Å². The number of carbonyl (C=O) groups is 1. The third-order valence-electron chi connectivity index (χ3n) is 12.4. The van der Waals surface area contributed by atoms with Gasteiger partial charge in [-0.15, -0.1) is 0 Å². The van der Waals surface area contributed by atoms with Crippen LogP contribution in [-0.4, -0.2) is 46.1 Å². The molecule has 0 aliphatic carbocycles. The van der Waals surface area contributed by atoms with Crippen LogP contribution in [0.2, 0.25) is 0 Å². The summed E-state index contributed by atoms with van der Waals surface area (Å²) in [6.45, 7) is 4.23. The summed E-state index contributed by atoms with van der Waals surface area (Å²) >= 11 is 0. The minimum Gasteiger partial charge on any atom is -0.394 e. The Hall–Kier alpha value is -1.43. The van der Waals surface area contributed by atoms with Gasteiger partial charge in [-0.1, -0.05) is 256 Å². The van der Waals surface area contributed by atoms with E-state index in [1.54, 1.807) is 6.08 Å². The molecule has 0 saturated carbocycles. The number of aliphatic hydroxyl groups is 3. The first-order chi connectivity index (χ1) is 29.5. The third-order valence-corrected chi connectivity index (χ3v) is 12.4. The van der Waals surface area contributed by atoms with Crippen LogP contribution in [0.4, 0.5) is 0 Å². The summed E-state index contributed by atoms with van der Waals surface area (Å²) in [6.07, 6.45) is 64.7. The van der Waals surface area contributed by atoms with Crippen molar-refractivity contribution in [1.82, 2.24) is 5.32 Å². The number of amides is 1. The van der Waals surface area contributed by atoms with Gasteiger partial charge in [-0.05, 0) is 57.8 Å². The lowest BCUT2D eigenvalue weighted by molar-refractivity contribution is -0.124. The minimum absolute atomic E-state index is 0.00617. The van der Waals surface area contributed by atoms with E-state index >= 15 is 0 Å². The van der Waals surface area contributed by atoms with E-state index in [0.29, 0.717) is 6.42 Å². The molecule has 4 N–H and O–H groups in total. The molecule has 354 valence electrons. The summed E-state index contributed by atoms with van der Waals surface area (Å²) in [4.78, 5) is 12.5. The van der Waals surface area contributed by atoms with Crippen molar-refractivity contribution in [3.8, 4) is 0 Å². The van der Waals surface area contributed by atoms with Gasteiger partial charge in [0, 0.05) is 0 Å². The Labute approximate surface area is 374 Å². The highest BCUT2D eigenvalue weighted by Crippen LogP contribution is 2.16. The Morgan fingerprint density at radius 3 is 1.07 bits per heavy atom. The normalized spacial score (nSPS) is 13.6. The van der Waals surface area contributed by atoms with Crippen LogP contribution in [0.5, 0.6) is 0 Å². The molecule has 5 nitrogen and oxygen atoms in total. The molecule has 0 rings (SSSR count). The molecule has 3 unspecified atom stereocenters. The Morgan fingerprint density at radius 2 is 0.717 bits per heavy atom. The van der Waals surface area contributed by atoms with Gasteiger partial charge in [0.15, 0.2) is 0 Å². The first-order valence-corrected chi connectivity index (χ1v) is 26.8. The highest BCUT2D eigenvalue weighted by Gasteiger charge is 2.20. The molecule has 0 aromatic carbocycles. The zero-order valence-corrected chi connectivity index (χ0v) is 40.4. The molecular weight excluding hydrogens is 739 g/mol. The number of nitrogens with one attached hydrogen (secondary N) is 1. The minimum atomic E-state index is -0.952. The number of hydrogen-bond acceptors (Lipinski definition) is 4. The van der Waals surface area contributed by atoms with Gasteiger partial charge in [0.25, 0.3) is 0 Å². The smallest absolute Gasteiger partial charge is 0.222 e. The van der Waals surface area contributed by atoms with E-state index in [-0.39, 0.29) is 18.9 Å². The van der Waals surface area contributed by atoms with Crippen molar-refractivity contribution in [2.75, 3.05) is 6.61 Å². The third kappa shape index (κ3) is 46.1. The maximum absolute atomic E-state index is 12.5. The summed E-state index contributed by atoms with van der Waals surface area (Å²) in [5, 5.41) is 33.4. The summed E-state index contributed by atoms with van der Waals surface area (Å²) < 4.78 is 0. The quantitative estimate of drug-likeness (QED) is 0.0363. The molecule has 3 atom stereocenters. The average Bonchev–Trinajstić information content (AvgIpc) is 3.24. The zero-order chi connectivity index (χ0) is 43.7. The van der Waals surface area contributed by atoms with Gasteiger partial charge >= 0.3 is 0 Å². The molecule has 60 heavy (non-hydrogen) atoms. The fourth-order valence-corrected chi connectivity index (χ4v) is 8.29. The molecule has 0 radical (unpaired) electrons. The second-order valence-electron chi connectivity index (χ2n) is 18.5. The Bertz CT molecular complexity index is 931. The van der Waals surface area contributed by atoms with Gasteiger partial charge < -0.3 is 20.6 Å². The van der Waals surface area contributed by atoms with Gasteiger partial charge in [-0.2, -0.15) is 0 Å². The first-order valence-electron chi connectivity index (χ1n) is 26.8. The molecule has 0 aliphatic rings. The van der Waals surface area contributed by atoms with E-state index in [1.807, 2.05) is 6.08 Å². The number of rotatable bonds is 49. The van der Waals surface area contributed by atoms with Crippen LogP contribution in [0, 0.1) is 0 Å². The SMILES string of the molecule is CCCCCCCCCCCCCC/C=C\CCCCCCCCCCCCC(O)CC(=O)NC(CO)C(O)/C=C/CC/C=C/CCCCCCCCCCCCCCC. The topological polar surface area (TPSA) is 89.8 Å². The highest BCUT2D eigenvalue weighted by atomic mass is 16.3. The van der Waals surface area contributed by atoms with E-state index in [9.17, 15) is 20.1 Å². The Morgan fingerprint density at radius 1 is 0.417 bits per heavy atom. The molecular formula is C55H105NO4. The molecule has 0 saturated heterocycles. The summed E-state index contributed by atoms with van der Waals surface area (Å²) in [5.41, 5.74) is 0. The lowest BCUT2D eigenvalue weighted by Crippen LogP contribution is -2.45. The lowest BCUT2D eigenvalue weighted by atomic mass is 10.0. The standard InChI is InChI=1S/C55H105NO4/c1-3-5-7-9-11-13-15-17-19-21-23-24-25-26-27-28-29-31-32-34-36-38-40-42-44-46-48-52(58)50-55(60)56-53(51-57)54(59)49-47-45-43-41-39-37-35-33-30-22-20-18-16-14-12-10-8-6-4-2/h26-27,39,41,47,49,52-54,57-59H,3-25,28-38,40,42-46,48,50-51H2,1-2H3,(H,56,60)/b27-26-,41-39+,49-47+. The van der Waals surface area contributed by atoms with Gasteiger partial charge in [0.05, 0.1) is 31.3 Å². The molecule has 0 bridgehead atoms. The zero-order valence-electron chi connectivity index (χ0n) is 40.4. The van der Waals surface area contributed by atoms with Crippen molar-refractivity contribution < 1.29 is 20.1 Å². The average molecular weight is 844 g/mol. The number of allylic oxidation sites excluding steroid dienone is 5. The van der Waals surface area contributed by atoms with Crippen molar-refractivity contribution in [2.45, 2.75) is 302 Å². The van der Waals surface area contributed by atoms with Crippen molar-refractivity contribution in [3.05, 3.63) is 36.5 Å². The van der Waals surface area contributed by atoms with Gasteiger partial charge in [-0.25, -0.2) is 0 Å². The van der Waals surface area contributed by atoms with Gasteiger partial charge in [0.2, 0.25) is 5.91 Å². The predicted molar refractivity (Wildman–Crippen MR) is 264 cm³/mol. The van der Waals surface area contributed by atoms with Crippen molar-refractivity contribution in [1.29, 1.82) is 0 Å². The van der Waals surface area contributed by atoms with E-state index in [2.05, 4.69) is 43.5 Å². The van der Waals surface area contributed by atoms with E-state index < -0.39 is 18.2 Å². The molecule has 0 aromatic heterocycles. The van der Waals surface area contributed by atoms with Crippen LogP contribution in [-0.2, 0) is 4.79 Å². The van der Waals surface area contributed by atoms with Crippen LogP contribution < -0.4 is 5.32 Å². The molecule has 0 aromatic rings. The Balaban J connectivity index is 3.61. The maximum Gasteiger partial charge on any atom is 0.222 e. The Kier molecular flexibility index (Phi) is 49.0. The van der Waals surface area contributed by atoms with Crippen molar-refractivity contribution in [2.24, 2.45) is 0 Å². The van der Waals surface area contributed by atoms with Crippen LogP contribution in [0.15, 0.2) is 36.5 Å². The van der Waals surface area contributed by atoms with Crippen LogP contribution >= 0.6 is 0 Å². The second-order valence-corrected chi connectivity index (χ2v) is 18.5. The lowest BCUT2D eigenvalue weighted by Gasteiger charge is -2.21. The first kappa shape index (κ1) is 58.6. The number of unbranched alkanes of at least 4 members (excludes halogenated alkanes) is 36. The summed E-state index contributed by atoms with van der Waals surface area (Å²) in [5.74, 6) is -0.323. The molecule has 1 amide bonds. The summed E-state index contributed by atoms with van der Waals surface area (Å²) in [6, 6.07) is -0.761. The van der Waals surface area contributed by atoms with Gasteiger partial charge in [-0.3, -0.25) is 4.79 Å². The fourth-order valence-electron chi connectivity index (χ4n) is 8.29. The molecule has 0 fully saturated rings. The monoisotopic (exact) mass is 844 g/mol. The largest absolute Gasteiger partial charge is 0.394 e. The van der Waals surface area contributed by atoms with E-state index in [1.165, 1.54) is 225 Å². The number of aliphatic hydroxyl groups excluding tert-OH is 3. The predicted octanol–water partition coefficient (Wildman–Crippen LogP) is 16.3. The fraction of sp³-hybridized carbons (Fsp3) is 0.873. The van der Waals surface area contributed by atoms with Crippen LogP contribution in [0.3, 0.4) is 0 Å².